The molecule has 21 heavy (non-hydrogen) atoms. The summed E-state index contributed by atoms with van der Waals surface area (Å²) in [5.41, 5.74) is 6.72. The van der Waals surface area contributed by atoms with E-state index in [-0.39, 0.29) is 11.7 Å². The fourth-order valence-corrected chi connectivity index (χ4v) is 3.64. The normalized spacial score (nSPS) is 25.0. The van der Waals surface area contributed by atoms with Gasteiger partial charge in [-0.25, -0.2) is 0 Å². The second kappa shape index (κ2) is 6.65. The zero-order valence-corrected chi connectivity index (χ0v) is 13.7. The Morgan fingerprint density at radius 1 is 1.29 bits per heavy atom. The molecule has 1 atom stereocenters. The van der Waals surface area contributed by atoms with Gasteiger partial charge in [-0.05, 0) is 46.5 Å². The first-order valence-electron chi connectivity index (χ1n) is 7.58. The van der Waals surface area contributed by atoms with Crippen molar-refractivity contribution in [3.8, 4) is 5.75 Å². The summed E-state index contributed by atoms with van der Waals surface area (Å²) in [7, 11) is 0. The maximum Gasteiger partial charge on any atom is 0.133 e. The van der Waals surface area contributed by atoms with Crippen LogP contribution in [0.1, 0.15) is 31.2 Å². The Bertz CT molecular complexity index is 483. The number of benzene rings is 1. The van der Waals surface area contributed by atoms with Gasteiger partial charge in [-0.3, -0.25) is 0 Å². The fourth-order valence-electron chi connectivity index (χ4n) is 3.12. The minimum atomic E-state index is -0.0369. The molecule has 0 radical (unpaired) electrons. The molecule has 0 aromatic heterocycles. The Kier molecular flexibility index (Phi) is 4.84. The molecule has 4 nitrogen and oxygen atoms in total. The van der Waals surface area contributed by atoms with Crippen LogP contribution in [0.3, 0.4) is 0 Å². The van der Waals surface area contributed by atoms with E-state index in [1.807, 2.05) is 18.2 Å². The van der Waals surface area contributed by atoms with Crippen LogP contribution < -0.4 is 10.5 Å². The van der Waals surface area contributed by atoms with Gasteiger partial charge < -0.3 is 19.9 Å². The van der Waals surface area contributed by atoms with E-state index in [1.165, 1.54) is 0 Å². The van der Waals surface area contributed by atoms with Gasteiger partial charge in [-0.1, -0.05) is 6.07 Å². The van der Waals surface area contributed by atoms with Crippen molar-refractivity contribution in [2.45, 2.75) is 43.9 Å². The van der Waals surface area contributed by atoms with Crippen molar-refractivity contribution in [3.63, 3.8) is 0 Å². The van der Waals surface area contributed by atoms with Crippen LogP contribution in [0, 0.1) is 0 Å². The zero-order valence-electron chi connectivity index (χ0n) is 12.1. The highest BCUT2D eigenvalue weighted by molar-refractivity contribution is 9.10. The summed E-state index contributed by atoms with van der Waals surface area (Å²) in [6.45, 7) is 2.89. The molecule has 2 aliphatic rings. The maximum atomic E-state index is 6.20. The minimum Gasteiger partial charge on any atom is -0.489 e. The molecule has 0 aliphatic carbocycles. The summed E-state index contributed by atoms with van der Waals surface area (Å²) >= 11 is 3.57. The van der Waals surface area contributed by atoms with Crippen LogP contribution in [-0.2, 0) is 16.0 Å². The number of nitrogens with two attached hydrogens (primary N) is 1. The van der Waals surface area contributed by atoms with E-state index in [9.17, 15) is 0 Å². The van der Waals surface area contributed by atoms with Crippen molar-refractivity contribution >= 4 is 15.9 Å². The minimum absolute atomic E-state index is 0.0369. The van der Waals surface area contributed by atoms with Gasteiger partial charge in [0.15, 0.2) is 0 Å². The number of rotatable bonds is 3. The highest BCUT2D eigenvalue weighted by atomic mass is 79.9. The van der Waals surface area contributed by atoms with Crippen LogP contribution in [0.4, 0.5) is 0 Å². The average Bonchev–Trinajstić information content (AvgIpc) is 2.50. The number of hydrogen-bond acceptors (Lipinski definition) is 4. The average molecular weight is 356 g/mol. The van der Waals surface area contributed by atoms with Crippen molar-refractivity contribution in [3.05, 3.63) is 28.2 Å². The second-order valence-electron chi connectivity index (χ2n) is 5.85. The van der Waals surface area contributed by atoms with Crippen molar-refractivity contribution in [1.82, 2.24) is 0 Å². The lowest BCUT2D eigenvalue weighted by atomic mass is 9.85. The Balaban J connectivity index is 1.67. The Hall–Kier alpha value is -0.620. The summed E-state index contributed by atoms with van der Waals surface area (Å²) in [5, 5.41) is 0. The number of ether oxygens (including phenoxy) is 3. The van der Waals surface area contributed by atoms with E-state index in [0.29, 0.717) is 6.54 Å². The van der Waals surface area contributed by atoms with E-state index in [2.05, 4.69) is 15.9 Å². The molecular formula is C16H22BrNO3. The van der Waals surface area contributed by atoms with Gasteiger partial charge in [0.1, 0.15) is 11.9 Å². The first-order valence-corrected chi connectivity index (χ1v) is 8.37. The first-order chi connectivity index (χ1) is 10.2. The van der Waals surface area contributed by atoms with E-state index in [0.717, 1.165) is 61.3 Å². The molecular weight excluding hydrogens is 334 g/mol. The van der Waals surface area contributed by atoms with Crippen LogP contribution in [-0.4, -0.2) is 31.5 Å². The Labute approximate surface area is 134 Å². The van der Waals surface area contributed by atoms with Crippen molar-refractivity contribution in [2.24, 2.45) is 5.73 Å². The summed E-state index contributed by atoms with van der Waals surface area (Å²) in [4.78, 5) is 0. The van der Waals surface area contributed by atoms with Gasteiger partial charge in [0.2, 0.25) is 0 Å². The van der Waals surface area contributed by atoms with Crippen molar-refractivity contribution < 1.29 is 14.2 Å². The largest absolute Gasteiger partial charge is 0.489 e. The molecule has 1 unspecified atom stereocenters. The molecule has 2 heterocycles. The molecule has 116 valence electrons. The van der Waals surface area contributed by atoms with Crippen LogP contribution >= 0.6 is 15.9 Å². The predicted octanol–water partition coefficient (Wildman–Crippen LogP) is 3.01. The number of hydrogen-bond donors (Lipinski definition) is 1. The van der Waals surface area contributed by atoms with E-state index in [1.54, 1.807) is 0 Å². The van der Waals surface area contributed by atoms with Gasteiger partial charge in [-0.2, -0.15) is 0 Å². The summed E-state index contributed by atoms with van der Waals surface area (Å²) in [6.07, 6.45) is 4.03. The molecule has 2 aliphatic heterocycles. The van der Waals surface area contributed by atoms with Gasteiger partial charge in [0.25, 0.3) is 0 Å². The van der Waals surface area contributed by atoms with Crippen LogP contribution in [0.15, 0.2) is 22.7 Å². The predicted molar refractivity (Wildman–Crippen MR) is 84.4 cm³/mol. The molecule has 1 aromatic rings. The molecule has 2 N–H and O–H groups in total. The van der Waals surface area contributed by atoms with E-state index in [4.69, 9.17) is 19.9 Å². The Morgan fingerprint density at radius 3 is 2.81 bits per heavy atom. The molecule has 5 heteroatoms. The number of halogens is 1. The van der Waals surface area contributed by atoms with Gasteiger partial charge in [-0.15, -0.1) is 0 Å². The molecule has 2 fully saturated rings. The summed E-state index contributed by atoms with van der Waals surface area (Å²) in [5.74, 6) is 0.890. The summed E-state index contributed by atoms with van der Waals surface area (Å²) < 4.78 is 18.7. The van der Waals surface area contributed by atoms with Gasteiger partial charge >= 0.3 is 0 Å². The fraction of sp³-hybridized carbons (Fsp3) is 0.625. The third kappa shape index (κ3) is 3.59. The van der Waals surface area contributed by atoms with Gasteiger partial charge in [0, 0.05) is 32.6 Å². The molecule has 0 saturated carbocycles. The lowest BCUT2D eigenvalue weighted by molar-refractivity contribution is -0.155. The van der Waals surface area contributed by atoms with E-state index < -0.39 is 0 Å². The smallest absolute Gasteiger partial charge is 0.133 e. The molecule has 3 rings (SSSR count). The third-order valence-corrected chi connectivity index (χ3v) is 5.00. The van der Waals surface area contributed by atoms with Crippen LogP contribution in [0.5, 0.6) is 5.75 Å². The Morgan fingerprint density at radius 2 is 2.10 bits per heavy atom. The lowest BCUT2D eigenvalue weighted by Gasteiger charge is -2.43. The lowest BCUT2D eigenvalue weighted by Crippen LogP contribution is -2.47. The van der Waals surface area contributed by atoms with E-state index >= 15 is 0 Å². The van der Waals surface area contributed by atoms with Crippen LogP contribution in [0.25, 0.3) is 0 Å². The van der Waals surface area contributed by atoms with Crippen LogP contribution in [0.2, 0.25) is 0 Å². The molecule has 0 bridgehead atoms. The topological polar surface area (TPSA) is 53.7 Å². The molecule has 1 aromatic carbocycles. The third-order valence-electron chi connectivity index (χ3n) is 4.38. The highest BCUT2D eigenvalue weighted by Gasteiger charge is 2.39. The van der Waals surface area contributed by atoms with Crippen molar-refractivity contribution in [2.75, 3.05) is 19.8 Å². The molecule has 1 spiro atoms. The highest BCUT2D eigenvalue weighted by Crippen LogP contribution is 2.37. The maximum absolute atomic E-state index is 6.20. The molecule has 0 amide bonds. The molecule has 2 saturated heterocycles. The zero-order chi connectivity index (χ0) is 14.7. The van der Waals surface area contributed by atoms with Crippen molar-refractivity contribution in [1.29, 1.82) is 0 Å². The second-order valence-corrected chi connectivity index (χ2v) is 6.70. The first kappa shape index (κ1) is 15.3. The summed E-state index contributed by atoms with van der Waals surface area (Å²) in [6, 6.07) is 6.04. The quantitative estimate of drug-likeness (QED) is 0.905. The monoisotopic (exact) mass is 355 g/mol. The van der Waals surface area contributed by atoms with Gasteiger partial charge in [0.05, 0.1) is 16.7 Å². The SMILES string of the molecule is NCc1ccc(OC2CCOC3(CCOCC3)C2)c(Br)c1. The standard InChI is InChI=1S/C16H22BrNO3/c17-14-9-12(11-18)1-2-15(14)21-13-3-6-20-16(10-13)4-7-19-8-5-16/h1-2,9,13H,3-8,10-11,18H2.